The summed E-state index contributed by atoms with van der Waals surface area (Å²) in [6, 6.07) is 5.85. The average Bonchev–Trinajstić information content (AvgIpc) is 3.39. The minimum Gasteiger partial charge on any atom is -0.335 e. The summed E-state index contributed by atoms with van der Waals surface area (Å²) < 4.78 is 0. The quantitative estimate of drug-likeness (QED) is 0.714. The largest absolute Gasteiger partial charge is 0.335 e. The topological polar surface area (TPSA) is 85.8 Å². The van der Waals surface area contributed by atoms with Gasteiger partial charge >= 0.3 is 6.03 Å². The number of hydrogen-bond donors (Lipinski definition) is 2. The number of carbonyl (C=O) groups excluding carboxylic acids is 1. The Kier molecular flexibility index (Phi) is 6.65. The summed E-state index contributed by atoms with van der Waals surface area (Å²) in [7, 11) is 4.20. The van der Waals surface area contributed by atoms with Crippen molar-refractivity contribution in [1.29, 1.82) is 0 Å². The lowest BCUT2D eigenvalue weighted by molar-refractivity contribution is 0.231. The fraction of sp³-hybridized carbons (Fsp3) is 0.565. The van der Waals surface area contributed by atoms with Crippen molar-refractivity contribution < 1.29 is 4.79 Å². The van der Waals surface area contributed by atoms with Gasteiger partial charge in [-0.15, -0.1) is 0 Å². The molecule has 1 aliphatic carbocycles. The van der Waals surface area contributed by atoms with Gasteiger partial charge in [-0.3, -0.25) is 15.3 Å². The van der Waals surface area contributed by atoms with Crippen molar-refractivity contribution in [2.24, 2.45) is 11.0 Å². The van der Waals surface area contributed by atoms with Crippen molar-refractivity contribution in [2.45, 2.75) is 44.6 Å². The van der Waals surface area contributed by atoms with Crippen molar-refractivity contribution >= 4 is 29.1 Å². The first-order valence-electron chi connectivity index (χ1n) is 11.2. The average molecular weight is 424 g/mol. The SMILES string of the molecule is C[C@H](CN(C)C)CN1CC(c2cnc3ccc(NC(=O)NC4CCCC4)nc3c2)C=N1. The number of fused-ring (bicyclic) bond motifs is 1. The van der Waals surface area contributed by atoms with Crippen LogP contribution in [0.2, 0.25) is 0 Å². The molecule has 8 heteroatoms. The first kappa shape index (κ1) is 21.5. The third-order valence-electron chi connectivity index (χ3n) is 5.94. The van der Waals surface area contributed by atoms with Gasteiger partial charge in [0.2, 0.25) is 0 Å². The molecule has 1 fully saturated rings. The number of anilines is 1. The van der Waals surface area contributed by atoms with E-state index in [9.17, 15) is 4.79 Å². The van der Waals surface area contributed by atoms with E-state index in [-0.39, 0.29) is 18.0 Å². The van der Waals surface area contributed by atoms with E-state index in [1.54, 1.807) is 6.07 Å². The number of hydrazone groups is 1. The maximum absolute atomic E-state index is 12.3. The predicted molar refractivity (Wildman–Crippen MR) is 124 cm³/mol. The number of hydrogen-bond acceptors (Lipinski definition) is 6. The van der Waals surface area contributed by atoms with E-state index < -0.39 is 0 Å². The summed E-state index contributed by atoms with van der Waals surface area (Å²) in [5.41, 5.74) is 2.69. The molecule has 8 nitrogen and oxygen atoms in total. The summed E-state index contributed by atoms with van der Waals surface area (Å²) in [6.07, 6.45) is 8.39. The first-order chi connectivity index (χ1) is 15.0. The third kappa shape index (κ3) is 5.70. The van der Waals surface area contributed by atoms with Crippen LogP contribution < -0.4 is 10.6 Å². The molecule has 4 rings (SSSR count). The van der Waals surface area contributed by atoms with Gasteiger partial charge in [-0.2, -0.15) is 5.10 Å². The third-order valence-corrected chi connectivity index (χ3v) is 5.94. The number of carbonyl (C=O) groups is 1. The molecule has 0 radical (unpaired) electrons. The molecule has 2 aromatic heterocycles. The maximum Gasteiger partial charge on any atom is 0.320 e. The van der Waals surface area contributed by atoms with Gasteiger partial charge in [0.15, 0.2) is 0 Å². The summed E-state index contributed by atoms with van der Waals surface area (Å²) in [6.45, 7) is 5.09. The van der Waals surface area contributed by atoms with Crippen LogP contribution in [0.3, 0.4) is 0 Å². The number of nitrogens with zero attached hydrogens (tertiary/aromatic N) is 5. The molecule has 2 N–H and O–H groups in total. The fourth-order valence-electron chi connectivity index (χ4n) is 4.55. The van der Waals surface area contributed by atoms with Crippen molar-refractivity contribution in [3.8, 4) is 0 Å². The smallest absolute Gasteiger partial charge is 0.320 e. The van der Waals surface area contributed by atoms with Crippen LogP contribution in [0.1, 0.15) is 44.1 Å². The number of nitrogens with one attached hydrogen (secondary N) is 2. The predicted octanol–water partition coefficient (Wildman–Crippen LogP) is 3.28. The molecule has 31 heavy (non-hydrogen) atoms. The van der Waals surface area contributed by atoms with Gasteiger partial charge in [0, 0.05) is 44.0 Å². The monoisotopic (exact) mass is 423 g/mol. The van der Waals surface area contributed by atoms with Crippen LogP contribution in [0.5, 0.6) is 0 Å². The highest BCUT2D eigenvalue weighted by Crippen LogP contribution is 2.24. The highest BCUT2D eigenvalue weighted by molar-refractivity contribution is 5.90. The molecular weight excluding hydrogens is 390 g/mol. The molecule has 0 aromatic carbocycles. The van der Waals surface area contributed by atoms with Crippen LogP contribution in [0.25, 0.3) is 11.0 Å². The minimum absolute atomic E-state index is 0.187. The van der Waals surface area contributed by atoms with Gasteiger partial charge in [0.05, 0.1) is 11.0 Å². The summed E-state index contributed by atoms with van der Waals surface area (Å²) in [4.78, 5) is 23.7. The van der Waals surface area contributed by atoms with Gasteiger partial charge in [-0.05, 0) is 56.6 Å². The second-order valence-corrected chi connectivity index (χ2v) is 9.19. The van der Waals surface area contributed by atoms with E-state index in [0.717, 1.165) is 49.1 Å². The second-order valence-electron chi connectivity index (χ2n) is 9.19. The minimum atomic E-state index is -0.187. The Bertz CT molecular complexity index is 939. The van der Waals surface area contributed by atoms with E-state index in [1.165, 1.54) is 12.8 Å². The van der Waals surface area contributed by atoms with Crippen LogP contribution in [-0.2, 0) is 0 Å². The van der Waals surface area contributed by atoms with Crippen LogP contribution >= 0.6 is 0 Å². The van der Waals surface area contributed by atoms with Gasteiger partial charge in [-0.25, -0.2) is 9.78 Å². The van der Waals surface area contributed by atoms with E-state index in [0.29, 0.717) is 11.7 Å². The van der Waals surface area contributed by atoms with E-state index in [1.807, 2.05) is 18.5 Å². The molecule has 166 valence electrons. The van der Waals surface area contributed by atoms with Gasteiger partial charge in [0.25, 0.3) is 0 Å². The number of aromatic nitrogens is 2. The molecule has 3 heterocycles. The summed E-state index contributed by atoms with van der Waals surface area (Å²) >= 11 is 0. The molecule has 2 atom stereocenters. The fourth-order valence-corrected chi connectivity index (χ4v) is 4.55. The number of amides is 2. The second kappa shape index (κ2) is 9.60. The highest BCUT2D eigenvalue weighted by atomic mass is 16.2. The van der Waals surface area contributed by atoms with Crippen LogP contribution in [0, 0.1) is 5.92 Å². The molecule has 0 saturated heterocycles. The zero-order chi connectivity index (χ0) is 21.8. The normalized spacial score (nSPS) is 20.0. The molecular formula is C23H33N7O. The molecule has 0 bridgehead atoms. The van der Waals surface area contributed by atoms with E-state index in [2.05, 4.69) is 62.7 Å². The molecule has 2 amide bonds. The Morgan fingerprint density at radius 2 is 2.06 bits per heavy atom. The van der Waals surface area contributed by atoms with Crippen LogP contribution in [0.15, 0.2) is 29.5 Å². The highest BCUT2D eigenvalue weighted by Gasteiger charge is 2.22. The maximum atomic E-state index is 12.3. The Hall–Kier alpha value is -2.74. The van der Waals surface area contributed by atoms with Gasteiger partial charge in [-0.1, -0.05) is 19.8 Å². The van der Waals surface area contributed by atoms with Crippen molar-refractivity contribution in [2.75, 3.05) is 39.0 Å². The molecule has 1 unspecified atom stereocenters. The van der Waals surface area contributed by atoms with Crippen molar-refractivity contribution in [1.82, 2.24) is 25.2 Å². The van der Waals surface area contributed by atoms with Crippen molar-refractivity contribution in [3.63, 3.8) is 0 Å². The van der Waals surface area contributed by atoms with Gasteiger partial charge in [0.1, 0.15) is 5.82 Å². The van der Waals surface area contributed by atoms with Crippen LogP contribution in [0.4, 0.5) is 10.6 Å². The lowest BCUT2D eigenvalue weighted by Crippen LogP contribution is -2.36. The molecule has 0 spiro atoms. The Labute approximate surface area is 184 Å². The van der Waals surface area contributed by atoms with Gasteiger partial charge < -0.3 is 10.2 Å². The van der Waals surface area contributed by atoms with Crippen LogP contribution in [-0.4, -0.2) is 71.9 Å². The van der Waals surface area contributed by atoms with E-state index in [4.69, 9.17) is 0 Å². The molecule has 2 aliphatic rings. The summed E-state index contributed by atoms with van der Waals surface area (Å²) in [5.74, 6) is 1.29. The first-order valence-corrected chi connectivity index (χ1v) is 11.2. The number of urea groups is 1. The van der Waals surface area contributed by atoms with Crippen molar-refractivity contribution in [3.05, 3.63) is 30.0 Å². The standard InChI is InChI=1S/C23H33N7O/c1-16(13-29(2)3)14-30-15-18(12-25-30)17-10-21-20(24-11-17)8-9-22(27-21)28-23(31)26-19-6-4-5-7-19/h8-12,16,18-19H,4-7,13-15H2,1-3H3,(H2,26,27,28,31)/t16-,18?/m1/s1. The molecule has 2 aromatic rings. The zero-order valence-electron chi connectivity index (χ0n) is 18.7. The summed E-state index contributed by atoms with van der Waals surface area (Å²) in [5, 5.41) is 12.6. The van der Waals surface area contributed by atoms with E-state index >= 15 is 0 Å². The molecule has 1 aliphatic heterocycles. The zero-order valence-corrected chi connectivity index (χ0v) is 18.7. The lowest BCUT2D eigenvalue weighted by Gasteiger charge is -2.23. The Morgan fingerprint density at radius 1 is 1.26 bits per heavy atom. The lowest BCUT2D eigenvalue weighted by atomic mass is 10.0. The number of pyridine rings is 2. The molecule has 1 saturated carbocycles. The Morgan fingerprint density at radius 3 is 2.84 bits per heavy atom. The Balaban J connectivity index is 1.39. The number of rotatable bonds is 7.